The van der Waals surface area contributed by atoms with Crippen LogP contribution >= 0.6 is 0 Å². The van der Waals surface area contributed by atoms with Gasteiger partial charge in [0, 0.05) is 11.9 Å². The van der Waals surface area contributed by atoms with Gasteiger partial charge in [0.05, 0.1) is 6.10 Å². The zero-order valence-corrected chi connectivity index (χ0v) is 10.9. The van der Waals surface area contributed by atoms with E-state index in [0.717, 1.165) is 0 Å². The molecule has 6 nitrogen and oxygen atoms in total. The van der Waals surface area contributed by atoms with Crippen LogP contribution in [0.15, 0.2) is 18.3 Å². The van der Waals surface area contributed by atoms with Crippen molar-refractivity contribution in [3.8, 4) is 0 Å². The van der Waals surface area contributed by atoms with Crippen molar-refractivity contribution in [1.29, 1.82) is 0 Å². The van der Waals surface area contributed by atoms with E-state index in [1.807, 2.05) is 6.92 Å². The van der Waals surface area contributed by atoms with Gasteiger partial charge in [-0.15, -0.1) is 0 Å². The van der Waals surface area contributed by atoms with Gasteiger partial charge in [-0.3, -0.25) is 14.6 Å². The molecular weight excluding hydrogens is 246 g/mol. The lowest BCUT2D eigenvalue weighted by Crippen LogP contribution is -2.28. The van der Waals surface area contributed by atoms with Gasteiger partial charge in [-0.25, -0.2) is 0 Å². The number of amides is 2. The Hall–Kier alpha value is -1.95. The Morgan fingerprint density at radius 1 is 1.47 bits per heavy atom. The van der Waals surface area contributed by atoms with Crippen LogP contribution < -0.4 is 11.1 Å². The van der Waals surface area contributed by atoms with E-state index < -0.39 is 12.0 Å². The molecule has 1 fully saturated rings. The molecule has 102 valence electrons. The van der Waals surface area contributed by atoms with E-state index in [4.69, 9.17) is 10.5 Å². The van der Waals surface area contributed by atoms with Crippen molar-refractivity contribution in [2.45, 2.75) is 32.5 Å². The highest BCUT2D eigenvalue weighted by Gasteiger charge is 2.33. The minimum Gasteiger partial charge on any atom is -0.365 e. The number of carbonyl (C=O) groups excluding carboxylic acids is 2. The normalized spacial score (nSPS) is 26.1. The van der Waals surface area contributed by atoms with Crippen molar-refractivity contribution in [3.63, 3.8) is 0 Å². The summed E-state index contributed by atoms with van der Waals surface area (Å²) in [6.45, 7) is 4.01. The fourth-order valence-corrected chi connectivity index (χ4v) is 2.01. The lowest BCUT2D eigenvalue weighted by molar-refractivity contribution is -0.126. The second kappa shape index (κ2) is 5.36. The highest BCUT2D eigenvalue weighted by Crippen LogP contribution is 2.26. The van der Waals surface area contributed by atoms with Gasteiger partial charge < -0.3 is 15.8 Å². The zero-order valence-electron chi connectivity index (χ0n) is 10.9. The van der Waals surface area contributed by atoms with Crippen LogP contribution in [0.25, 0.3) is 0 Å². The second-order valence-electron chi connectivity index (χ2n) is 4.83. The van der Waals surface area contributed by atoms with Crippen LogP contribution in [0, 0.1) is 5.92 Å². The molecule has 0 spiro atoms. The van der Waals surface area contributed by atoms with Crippen molar-refractivity contribution >= 4 is 17.5 Å². The number of rotatable bonds is 3. The Labute approximate surface area is 111 Å². The molecule has 0 bridgehead atoms. The summed E-state index contributed by atoms with van der Waals surface area (Å²) in [5.74, 6) is -0.484. The molecular formula is C13H17N3O3. The average Bonchev–Trinajstić information content (AvgIpc) is 2.70. The van der Waals surface area contributed by atoms with Crippen LogP contribution in [0.3, 0.4) is 0 Å². The van der Waals surface area contributed by atoms with E-state index in [0.29, 0.717) is 18.0 Å². The van der Waals surface area contributed by atoms with Crippen molar-refractivity contribution < 1.29 is 14.3 Å². The van der Waals surface area contributed by atoms with Gasteiger partial charge in [-0.1, -0.05) is 6.92 Å². The molecule has 19 heavy (non-hydrogen) atoms. The Morgan fingerprint density at radius 2 is 2.21 bits per heavy atom. The van der Waals surface area contributed by atoms with Gasteiger partial charge in [-0.2, -0.15) is 0 Å². The van der Waals surface area contributed by atoms with Gasteiger partial charge in [-0.05, 0) is 31.4 Å². The molecule has 1 aromatic heterocycles. The fraction of sp³-hybridized carbons (Fsp3) is 0.462. The lowest BCUT2D eigenvalue weighted by Gasteiger charge is -2.11. The molecule has 3 N–H and O–H groups in total. The van der Waals surface area contributed by atoms with E-state index in [2.05, 4.69) is 17.2 Å². The van der Waals surface area contributed by atoms with Crippen LogP contribution in [0.1, 0.15) is 30.8 Å². The number of nitrogens with one attached hydrogen (secondary N) is 1. The number of pyridine rings is 1. The number of ether oxygens (including phenoxy) is 1. The summed E-state index contributed by atoms with van der Waals surface area (Å²) < 4.78 is 5.57. The molecule has 6 heteroatoms. The van der Waals surface area contributed by atoms with Crippen molar-refractivity contribution in [3.05, 3.63) is 24.0 Å². The number of nitrogens with zero attached hydrogens (tertiary/aromatic N) is 1. The number of nitrogens with two attached hydrogens (primary N) is 1. The summed E-state index contributed by atoms with van der Waals surface area (Å²) in [6, 6.07) is 3.05. The topological polar surface area (TPSA) is 94.3 Å². The van der Waals surface area contributed by atoms with Gasteiger partial charge >= 0.3 is 0 Å². The molecule has 0 aromatic carbocycles. The second-order valence-corrected chi connectivity index (χ2v) is 4.83. The van der Waals surface area contributed by atoms with Crippen molar-refractivity contribution in [1.82, 2.24) is 4.98 Å². The number of carbonyl (C=O) groups is 2. The molecule has 2 unspecified atom stereocenters. The standard InChI is InChI=1S/C13H17N3O3/c1-7-5-11(19-8(7)2)13(18)16-9-3-4-15-10(6-9)12(14)17/h3-4,6-8,11H,5H2,1-2H3,(H2,14,17)(H,15,16,18)/t7?,8?,11-/m1/s1. The third-order valence-corrected chi connectivity index (χ3v) is 3.34. The molecule has 1 aliphatic rings. The number of hydrogen-bond acceptors (Lipinski definition) is 4. The van der Waals surface area contributed by atoms with Gasteiger partial charge in [0.15, 0.2) is 0 Å². The molecule has 0 radical (unpaired) electrons. The Bertz CT molecular complexity index is 494. The van der Waals surface area contributed by atoms with E-state index in [1.165, 1.54) is 12.3 Å². The molecule has 2 amide bonds. The molecule has 1 aliphatic heterocycles. The maximum absolute atomic E-state index is 12.0. The number of aromatic nitrogens is 1. The van der Waals surface area contributed by atoms with Crippen LogP contribution in [-0.2, 0) is 9.53 Å². The quantitative estimate of drug-likeness (QED) is 0.848. The monoisotopic (exact) mass is 263 g/mol. The lowest BCUT2D eigenvalue weighted by atomic mass is 10.0. The number of anilines is 1. The first-order valence-electron chi connectivity index (χ1n) is 6.19. The highest BCUT2D eigenvalue weighted by atomic mass is 16.5. The third kappa shape index (κ3) is 3.08. The smallest absolute Gasteiger partial charge is 0.267 e. The Morgan fingerprint density at radius 3 is 2.79 bits per heavy atom. The predicted molar refractivity (Wildman–Crippen MR) is 69.5 cm³/mol. The van der Waals surface area contributed by atoms with Crippen LogP contribution in [0.5, 0.6) is 0 Å². The highest BCUT2D eigenvalue weighted by molar-refractivity contribution is 5.96. The third-order valence-electron chi connectivity index (χ3n) is 3.34. The zero-order chi connectivity index (χ0) is 14.0. The van der Waals surface area contributed by atoms with Gasteiger partial charge in [0.25, 0.3) is 11.8 Å². The molecule has 2 rings (SSSR count). The van der Waals surface area contributed by atoms with Crippen LogP contribution in [0.2, 0.25) is 0 Å². The summed E-state index contributed by atoms with van der Waals surface area (Å²) in [4.78, 5) is 26.8. The summed E-state index contributed by atoms with van der Waals surface area (Å²) in [5, 5.41) is 2.71. The van der Waals surface area contributed by atoms with Crippen LogP contribution in [-0.4, -0.2) is 29.0 Å². The van der Waals surface area contributed by atoms with Crippen LogP contribution in [0.4, 0.5) is 5.69 Å². The first-order valence-corrected chi connectivity index (χ1v) is 6.19. The van der Waals surface area contributed by atoms with Crippen molar-refractivity contribution in [2.24, 2.45) is 11.7 Å². The van der Waals surface area contributed by atoms with Crippen molar-refractivity contribution in [2.75, 3.05) is 5.32 Å². The van der Waals surface area contributed by atoms with E-state index in [1.54, 1.807) is 6.07 Å². The van der Waals surface area contributed by atoms with E-state index in [9.17, 15) is 9.59 Å². The number of hydrogen-bond donors (Lipinski definition) is 2. The average molecular weight is 263 g/mol. The Kier molecular flexibility index (Phi) is 3.80. The minimum absolute atomic E-state index is 0.0781. The SMILES string of the molecule is CC1C[C@H](C(=O)Nc2ccnc(C(N)=O)c2)OC1C. The fourth-order valence-electron chi connectivity index (χ4n) is 2.01. The number of primary amides is 1. The predicted octanol–water partition coefficient (Wildman–Crippen LogP) is 0.932. The summed E-state index contributed by atoms with van der Waals surface area (Å²) >= 11 is 0. The molecule has 2 heterocycles. The molecule has 0 saturated carbocycles. The summed E-state index contributed by atoms with van der Waals surface area (Å²) in [6.07, 6.45) is 1.75. The summed E-state index contributed by atoms with van der Waals surface area (Å²) in [5.41, 5.74) is 5.74. The molecule has 1 aromatic rings. The minimum atomic E-state index is -0.629. The first-order chi connectivity index (χ1) is 8.97. The molecule has 0 aliphatic carbocycles. The van der Waals surface area contributed by atoms with E-state index >= 15 is 0 Å². The van der Waals surface area contributed by atoms with Gasteiger partial charge in [0.2, 0.25) is 0 Å². The van der Waals surface area contributed by atoms with E-state index in [-0.39, 0.29) is 17.7 Å². The molecule has 3 atom stereocenters. The largest absolute Gasteiger partial charge is 0.365 e. The molecule has 1 saturated heterocycles. The maximum Gasteiger partial charge on any atom is 0.267 e. The van der Waals surface area contributed by atoms with Gasteiger partial charge in [0.1, 0.15) is 11.8 Å². The maximum atomic E-state index is 12.0. The Balaban J connectivity index is 2.03. The summed E-state index contributed by atoms with van der Waals surface area (Å²) in [7, 11) is 0. The first kappa shape index (κ1) is 13.5.